The van der Waals surface area contributed by atoms with Gasteiger partial charge in [0.05, 0.1) is 6.04 Å². The molecule has 1 unspecified atom stereocenters. The maximum absolute atomic E-state index is 12.9. The molecular formula is C15H16FN. The summed E-state index contributed by atoms with van der Waals surface area (Å²) in [7, 11) is 0. The minimum absolute atomic E-state index is 0.191. The van der Waals surface area contributed by atoms with E-state index in [0.29, 0.717) is 0 Å². The lowest BCUT2D eigenvalue weighted by molar-refractivity contribution is 0.625. The first kappa shape index (κ1) is 11.6. The van der Waals surface area contributed by atoms with Gasteiger partial charge in [-0.05, 0) is 36.2 Å². The molecule has 0 aliphatic carbocycles. The summed E-state index contributed by atoms with van der Waals surface area (Å²) < 4.78 is 12.9. The molecule has 0 amide bonds. The minimum atomic E-state index is -0.191. The zero-order valence-corrected chi connectivity index (χ0v) is 9.86. The van der Waals surface area contributed by atoms with Crippen molar-refractivity contribution in [1.82, 2.24) is 0 Å². The van der Waals surface area contributed by atoms with E-state index in [0.717, 1.165) is 17.7 Å². The highest BCUT2D eigenvalue weighted by atomic mass is 19.1. The molecule has 2 aromatic carbocycles. The summed E-state index contributed by atoms with van der Waals surface area (Å²) in [6.45, 7) is 2.12. The smallest absolute Gasteiger partial charge is 0.123 e. The first-order chi connectivity index (χ1) is 8.29. The molecule has 0 spiro atoms. The number of anilines is 1. The summed E-state index contributed by atoms with van der Waals surface area (Å²) in [5.74, 6) is -0.191. The maximum atomic E-state index is 12.9. The Morgan fingerprint density at radius 2 is 1.65 bits per heavy atom. The van der Waals surface area contributed by atoms with Crippen LogP contribution in [0.3, 0.4) is 0 Å². The number of para-hydroxylation sites is 1. The molecule has 88 valence electrons. The molecule has 17 heavy (non-hydrogen) atoms. The van der Waals surface area contributed by atoms with Gasteiger partial charge in [0.25, 0.3) is 0 Å². The van der Waals surface area contributed by atoms with E-state index in [1.165, 1.54) is 12.1 Å². The van der Waals surface area contributed by atoms with Crippen LogP contribution in [0, 0.1) is 5.82 Å². The van der Waals surface area contributed by atoms with Crippen molar-refractivity contribution in [3.63, 3.8) is 0 Å². The largest absolute Gasteiger partial charge is 0.378 e. The summed E-state index contributed by atoms with van der Waals surface area (Å²) in [5, 5.41) is 3.44. The van der Waals surface area contributed by atoms with E-state index >= 15 is 0 Å². The van der Waals surface area contributed by atoms with Crippen LogP contribution in [0.2, 0.25) is 0 Å². The third kappa shape index (κ3) is 3.06. The normalized spacial score (nSPS) is 12.1. The van der Waals surface area contributed by atoms with E-state index < -0.39 is 0 Å². The van der Waals surface area contributed by atoms with Gasteiger partial charge in [0.15, 0.2) is 0 Å². The van der Waals surface area contributed by atoms with Crippen molar-refractivity contribution in [1.29, 1.82) is 0 Å². The van der Waals surface area contributed by atoms with Crippen LogP contribution in [-0.4, -0.2) is 0 Å². The molecular weight excluding hydrogens is 213 g/mol. The van der Waals surface area contributed by atoms with Crippen LogP contribution in [-0.2, 0) is 0 Å². The number of nitrogens with one attached hydrogen (secondary N) is 1. The fourth-order valence-corrected chi connectivity index (χ4v) is 1.85. The fourth-order valence-electron chi connectivity index (χ4n) is 1.85. The van der Waals surface area contributed by atoms with E-state index in [4.69, 9.17) is 0 Å². The quantitative estimate of drug-likeness (QED) is 0.819. The average molecular weight is 229 g/mol. The van der Waals surface area contributed by atoms with Gasteiger partial charge in [-0.3, -0.25) is 0 Å². The second kappa shape index (κ2) is 5.48. The average Bonchev–Trinajstić information content (AvgIpc) is 2.38. The Balaban J connectivity index is 2.14. The van der Waals surface area contributed by atoms with Crippen LogP contribution < -0.4 is 5.32 Å². The van der Waals surface area contributed by atoms with Crippen LogP contribution in [0.25, 0.3) is 0 Å². The van der Waals surface area contributed by atoms with Crippen LogP contribution in [0.4, 0.5) is 10.1 Å². The fraction of sp³-hybridized carbons (Fsp3) is 0.200. The molecule has 0 saturated carbocycles. The van der Waals surface area contributed by atoms with Gasteiger partial charge >= 0.3 is 0 Å². The number of hydrogen-bond donors (Lipinski definition) is 1. The van der Waals surface area contributed by atoms with Crippen molar-refractivity contribution in [2.24, 2.45) is 0 Å². The minimum Gasteiger partial charge on any atom is -0.378 e. The molecule has 0 heterocycles. The summed E-state index contributed by atoms with van der Waals surface area (Å²) in [6.07, 6.45) is 0.959. The van der Waals surface area contributed by atoms with Gasteiger partial charge < -0.3 is 5.32 Å². The first-order valence-electron chi connectivity index (χ1n) is 5.86. The second-order valence-corrected chi connectivity index (χ2v) is 4.02. The molecule has 1 nitrogen and oxygen atoms in total. The topological polar surface area (TPSA) is 12.0 Å². The zero-order valence-electron chi connectivity index (χ0n) is 9.86. The molecule has 2 aromatic rings. The third-order valence-electron chi connectivity index (χ3n) is 2.80. The molecule has 0 saturated heterocycles. The summed E-state index contributed by atoms with van der Waals surface area (Å²) >= 11 is 0. The van der Waals surface area contributed by atoms with E-state index in [1.807, 2.05) is 42.5 Å². The van der Waals surface area contributed by atoms with Crippen molar-refractivity contribution in [3.8, 4) is 0 Å². The lowest BCUT2D eigenvalue weighted by atomic mass is 10.0. The van der Waals surface area contributed by atoms with Crippen molar-refractivity contribution in [3.05, 3.63) is 66.0 Å². The highest BCUT2D eigenvalue weighted by molar-refractivity contribution is 5.45. The summed E-state index contributed by atoms with van der Waals surface area (Å²) in [4.78, 5) is 0. The van der Waals surface area contributed by atoms with Gasteiger partial charge in [-0.1, -0.05) is 37.3 Å². The Morgan fingerprint density at radius 1 is 1.00 bits per heavy atom. The molecule has 1 atom stereocenters. The van der Waals surface area contributed by atoms with Crippen LogP contribution in [0.5, 0.6) is 0 Å². The zero-order chi connectivity index (χ0) is 12.1. The number of hydrogen-bond acceptors (Lipinski definition) is 1. The van der Waals surface area contributed by atoms with Crippen LogP contribution in [0.15, 0.2) is 54.6 Å². The lowest BCUT2D eigenvalue weighted by Gasteiger charge is -2.18. The molecule has 0 fully saturated rings. The SMILES string of the molecule is CCC(Nc1ccccc1)c1ccc(F)cc1. The van der Waals surface area contributed by atoms with Crippen molar-refractivity contribution in [2.45, 2.75) is 19.4 Å². The summed E-state index contributed by atoms with van der Waals surface area (Å²) in [6, 6.07) is 17.0. The molecule has 0 aromatic heterocycles. The number of halogens is 1. The third-order valence-corrected chi connectivity index (χ3v) is 2.80. The molecule has 1 N–H and O–H groups in total. The Kier molecular flexibility index (Phi) is 3.76. The first-order valence-corrected chi connectivity index (χ1v) is 5.86. The van der Waals surface area contributed by atoms with Crippen LogP contribution in [0.1, 0.15) is 24.9 Å². The number of benzene rings is 2. The molecule has 2 rings (SSSR count). The summed E-state index contributed by atoms with van der Waals surface area (Å²) in [5.41, 5.74) is 2.20. The highest BCUT2D eigenvalue weighted by Crippen LogP contribution is 2.22. The predicted octanol–water partition coefficient (Wildman–Crippen LogP) is 4.39. The van der Waals surface area contributed by atoms with Gasteiger partial charge in [0.2, 0.25) is 0 Å². The van der Waals surface area contributed by atoms with E-state index in [9.17, 15) is 4.39 Å². The van der Waals surface area contributed by atoms with Gasteiger partial charge in [0.1, 0.15) is 5.82 Å². The Bertz CT molecular complexity index is 450. The Labute approximate surface area is 101 Å². The number of rotatable bonds is 4. The molecule has 0 aliphatic rings. The van der Waals surface area contributed by atoms with Crippen molar-refractivity contribution >= 4 is 5.69 Å². The van der Waals surface area contributed by atoms with Crippen molar-refractivity contribution < 1.29 is 4.39 Å². The molecule has 0 bridgehead atoms. The van der Waals surface area contributed by atoms with Gasteiger partial charge in [0, 0.05) is 5.69 Å². The lowest BCUT2D eigenvalue weighted by Crippen LogP contribution is -2.09. The standard InChI is InChI=1S/C15H16FN/c1-2-15(12-8-10-13(16)11-9-12)17-14-6-4-3-5-7-14/h3-11,15,17H,2H2,1H3. The van der Waals surface area contributed by atoms with E-state index in [2.05, 4.69) is 12.2 Å². The molecule has 0 radical (unpaired) electrons. The van der Waals surface area contributed by atoms with Gasteiger partial charge in [-0.2, -0.15) is 0 Å². The van der Waals surface area contributed by atoms with Crippen LogP contribution >= 0.6 is 0 Å². The van der Waals surface area contributed by atoms with E-state index in [-0.39, 0.29) is 11.9 Å². The Hall–Kier alpha value is -1.83. The maximum Gasteiger partial charge on any atom is 0.123 e. The Morgan fingerprint density at radius 3 is 2.24 bits per heavy atom. The van der Waals surface area contributed by atoms with Gasteiger partial charge in [-0.15, -0.1) is 0 Å². The monoisotopic (exact) mass is 229 g/mol. The molecule has 2 heteroatoms. The van der Waals surface area contributed by atoms with E-state index in [1.54, 1.807) is 0 Å². The predicted molar refractivity (Wildman–Crippen MR) is 69.5 cm³/mol. The van der Waals surface area contributed by atoms with Crippen molar-refractivity contribution in [2.75, 3.05) is 5.32 Å². The van der Waals surface area contributed by atoms with Gasteiger partial charge in [-0.25, -0.2) is 4.39 Å². The molecule has 0 aliphatic heterocycles. The highest BCUT2D eigenvalue weighted by Gasteiger charge is 2.08. The second-order valence-electron chi connectivity index (χ2n) is 4.02.